The number of hydrogen-bond acceptors (Lipinski definition) is 9. The summed E-state index contributed by atoms with van der Waals surface area (Å²) in [6.45, 7) is 2.01. The third-order valence-electron chi connectivity index (χ3n) is 8.36. The van der Waals surface area contributed by atoms with E-state index in [9.17, 15) is 24.2 Å². The molecule has 11 heteroatoms. The minimum absolute atomic E-state index is 0.0820. The van der Waals surface area contributed by atoms with Crippen molar-refractivity contribution in [2.75, 3.05) is 26.4 Å². The number of carbonyl (C=O) groups excluding carboxylic acids is 2. The van der Waals surface area contributed by atoms with Crippen molar-refractivity contribution in [3.8, 4) is 0 Å². The Morgan fingerprint density at radius 2 is 1.02 bits per heavy atom. The van der Waals surface area contributed by atoms with E-state index in [-0.39, 0.29) is 19.4 Å². The summed E-state index contributed by atoms with van der Waals surface area (Å²) in [6.07, 6.45) is 49.6. The van der Waals surface area contributed by atoms with Gasteiger partial charge in [-0.1, -0.05) is 169 Å². The van der Waals surface area contributed by atoms with Gasteiger partial charge < -0.3 is 24.6 Å². The van der Waals surface area contributed by atoms with E-state index in [0.29, 0.717) is 19.3 Å². The summed E-state index contributed by atoms with van der Waals surface area (Å²) in [5.41, 5.74) is 0. The molecular formula is C46H75O10P. The fourth-order valence-electron chi connectivity index (χ4n) is 5.15. The zero-order valence-electron chi connectivity index (χ0n) is 35.0. The zero-order chi connectivity index (χ0) is 41.9. The van der Waals surface area contributed by atoms with Gasteiger partial charge in [0.2, 0.25) is 0 Å². The minimum Gasteiger partial charge on any atom is -0.462 e. The van der Waals surface area contributed by atoms with Gasteiger partial charge in [0.15, 0.2) is 6.10 Å². The molecule has 10 nitrogen and oxygen atoms in total. The summed E-state index contributed by atoms with van der Waals surface area (Å²) in [6, 6.07) is 0. The monoisotopic (exact) mass is 819 g/mol. The highest BCUT2D eigenvalue weighted by atomic mass is 31.2. The van der Waals surface area contributed by atoms with Crippen LogP contribution in [0.2, 0.25) is 0 Å². The van der Waals surface area contributed by atoms with E-state index in [2.05, 4.69) is 60.9 Å². The van der Waals surface area contributed by atoms with Crippen LogP contribution in [0.1, 0.15) is 142 Å². The smallest absolute Gasteiger partial charge is 0.462 e. The molecule has 0 saturated heterocycles. The van der Waals surface area contributed by atoms with Crippen LogP contribution in [0.15, 0.2) is 97.2 Å². The van der Waals surface area contributed by atoms with Crippen molar-refractivity contribution >= 4 is 19.8 Å². The Bertz CT molecular complexity index is 1260. The molecule has 3 N–H and O–H groups in total. The van der Waals surface area contributed by atoms with Gasteiger partial charge in [0, 0.05) is 12.8 Å². The maximum Gasteiger partial charge on any atom is 0.472 e. The van der Waals surface area contributed by atoms with Crippen molar-refractivity contribution in [2.45, 2.75) is 154 Å². The molecule has 0 spiro atoms. The van der Waals surface area contributed by atoms with Crippen LogP contribution >= 0.6 is 7.82 Å². The van der Waals surface area contributed by atoms with Gasteiger partial charge in [0.05, 0.1) is 19.8 Å². The Labute approximate surface area is 344 Å². The minimum atomic E-state index is -4.64. The summed E-state index contributed by atoms with van der Waals surface area (Å²) in [4.78, 5) is 34.9. The van der Waals surface area contributed by atoms with Gasteiger partial charge >= 0.3 is 19.8 Å². The van der Waals surface area contributed by atoms with Gasteiger partial charge in [-0.3, -0.25) is 18.6 Å². The first kappa shape index (κ1) is 53.9. The van der Waals surface area contributed by atoms with Gasteiger partial charge in [-0.05, 0) is 57.8 Å². The Hall–Kier alpha value is -3.11. The van der Waals surface area contributed by atoms with E-state index in [1.165, 1.54) is 44.9 Å². The average Bonchev–Trinajstić information content (AvgIpc) is 3.20. The number of rotatable bonds is 38. The first-order valence-corrected chi connectivity index (χ1v) is 22.8. The summed E-state index contributed by atoms with van der Waals surface area (Å²) in [5, 5.41) is 18.3. The molecule has 0 saturated carbocycles. The van der Waals surface area contributed by atoms with Gasteiger partial charge in [0.25, 0.3) is 0 Å². The van der Waals surface area contributed by atoms with E-state index < -0.39 is 51.8 Å². The molecule has 0 aromatic carbocycles. The van der Waals surface area contributed by atoms with E-state index in [4.69, 9.17) is 19.1 Å². The van der Waals surface area contributed by atoms with Crippen molar-refractivity contribution < 1.29 is 47.8 Å². The quantitative estimate of drug-likeness (QED) is 0.0181. The largest absolute Gasteiger partial charge is 0.472 e. The number of esters is 2. The van der Waals surface area contributed by atoms with Gasteiger partial charge in [-0.25, -0.2) is 4.57 Å². The normalized spacial score (nSPS) is 14.8. The maximum atomic E-state index is 12.5. The zero-order valence-corrected chi connectivity index (χ0v) is 35.9. The number of allylic oxidation sites excluding steroid dienone is 16. The van der Waals surface area contributed by atoms with Crippen LogP contribution in [-0.2, 0) is 32.7 Å². The number of unbranched alkanes of at least 4 members (excludes halogenated alkanes) is 12. The molecule has 0 aliphatic carbocycles. The molecular weight excluding hydrogens is 743 g/mol. The van der Waals surface area contributed by atoms with E-state index in [1.807, 2.05) is 54.7 Å². The Balaban J connectivity index is 4.33. The van der Waals surface area contributed by atoms with Crippen molar-refractivity contribution in [1.82, 2.24) is 0 Å². The fourth-order valence-corrected chi connectivity index (χ4v) is 5.94. The number of phosphoric ester groups is 1. The summed E-state index contributed by atoms with van der Waals surface area (Å²) in [7, 11) is -4.64. The van der Waals surface area contributed by atoms with Crippen molar-refractivity contribution in [3.05, 3.63) is 97.2 Å². The SMILES string of the molecule is CC/C=C/C=C/C=C/C=C/C=C/CCCC(=O)OC(COC(=O)CCCCCCCCCCCCC/C=C/C/C=C/C/C=C/CC)COP(=O)(O)OC[C@H](O)CO. The molecule has 324 valence electrons. The second-order valence-electron chi connectivity index (χ2n) is 13.7. The molecule has 0 aromatic rings. The lowest BCUT2D eigenvalue weighted by Gasteiger charge is -2.20. The highest BCUT2D eigenvalue weighted by Gasteiger charge is 2.27. The number of carbonyl (C=O) groups is 2. The summed E-state index contributed by atoms with van der Waals surface area (Å²) >= 11 is 0. The standard InChI is InChI=1S/C46H75O10P/c1-3-5-7-9-11-13-15-17-18-19-20-21-22-23-24-26-27-29-31-33-35-37-45(49)53-41-44(42-55-57(51,52)54-40-43(48)39-47)56-46(50)38-36-34-32-30-28-25-16-14-12-10-8-6-4-2/h5-8,10-14,16-18,25,28,30,32,43-44,47-48H,3-4,9,15,19-24,26-27,29,31,33-42H2,1-2H3,(H,51,52)/b7-5+,8-6+,12-10+,13-11+,16-14+,18-17+,28-25+,32-30+/t43-,44?/m1/s1. The topological polar surface area (TPSA) is 149 Å². The fraction of sp³-hybridized carbons (Fsp3) is 0.609. The highest BCUT2D eigenvalue weighted by Crippen LogP contribution is 2.43. The maximum absolute atomic E-state index is 12.5. The molecule has 0 aromatic heterocycles. The second-order valence-corrected chi connectivity index (χ2v) is 15.2. The van der Waals surface area contributed by atoms with Gasteiger partial charge in [-0.15, -0.1) is 0 Å². The summed E-state index contributed by atoms with van der Waals surface area (Å²) in [5.74, 6) is -1.02. The Morgan fingerprint density at radius 3 is 1.61 bits per heavy atom. The van der Waals surface area contributed by atoms with Crippen molar-refractivity contribution in [2.24, 2.45) is 0 Å². The number of aliphatic hydroxyl groups excluding tert-OH is 2. The van der Waals surface area contributed by atoms with E-state index >= 15 is 0 Å². The number of ether oxygens (including phenoxy) is 2. The molecule has 0 aliphatic rings. The predicted octanol–water partition coefficient (Wildman–Crippen LogP) is 11.2. The first-order chi connectivity index (χ1) is 27.7. The molecule has 2 unspecified atom stereocenters. The lowest BCUT2D eigenvalue weighted by Crippen LogP contribution is -2.29. The third-order valence-corrected chi connectivity index (χ3v) is 9.31. The lowest BCUT2D eigenvalue weighted by molar-refractivity contribution is -0.161. The van der Waals surface area contributed by atoms with E-state index in [1.54, 1.807) is 0 Å². The average molecular weight is 819 g/mol. The molecule has 0 heterocycles. The Kier molecular flexibility index (Phi) is 38.8. The number of aliphatic hydroxyl groups is 2. The molecule has 57 heavy (non-hydrogen) atoms. The van der Waals surface area contributed by atoms with Crippen LogP contribution in [0.5, 0.6) is 0 Å². The van der Waals surface area contributed by atoms with Crippen molar-refractivity contribution in [1.29, 1.82) is 0 Å². The molecule has 0 amide bonds. The second kappa shape index (κ2) is 41.1. The number of hydrogen-bond donors (Lipinski definition) is 3. The van der Waals surface area contributed by atoms with Gasteiger partial charge in [0.1, 0.15) is 12.7 Å². The predicted molar refractivity (Wildman–Crippen MR) is 232 cm³/mol. The van der Waals surface area contributed by atoms with Crippen LogP contribution in [0.4, 0.5) is 0 Å². The van der Waals surface area contributed by atoms with Crippen LogP contribution in [0, 0.1) is 0 Å². The Morgan fingerprint density at radius 1 is 0.544 bits per heavy atom. The highest BCUT2D eigenvalue weighted by molar-refractivity contribution is 7.47. The third kappa shape index (κ3) is 40.9. The molecule has 0 fully saturated rings. The van der Waals surface area contributed by atoms with Crippen LogP contribution in [0.25, 0.3) is 0 Å². The van der Waals surface area contributed by atoms with Crippen LogP contribution < -0.4 is 0 Å². The molecule has 0 radical (unpaired) electrons. The first-order valence-electron chi connectivity index (χ1n) is 21.3. The molecule has 0 aliphatic heterocycles. The number of phosphoric acid groups is 1. The molecule has 3 atom stereocenters. The summed E-state index contributed by atoms with van der Waals surface area (Å²) < 4.78 is 32.6. The van der Waals surface area contributed by atoms with Gasteiger partial charge in [-0.2, -0.15) is 0 Å². The lowest BCUT2D eigenvalue weighted by atomic mass is 10.0. The van der Waals surface area contributed by atoms with Crippen LogP contribution in [-0.4, -0.2) is 65.7 Å². The van der Waals surface area contributed by atoms with Crippen LogP contribution in [0.3, 0.4) is 0 Å². The van der Waals surface area contributed by atoms with Crippen molar-refractivity contribution in [3.63, 3.8) is 0 Å². The molecule has 0 bridgehead atoms. The van der Waals surface area contributed by atoms with E-state index in [0.717, 1.165) is 51.4 Å². The molecule has 0 rings (SSSR count).